The zero-order valence-electron chi connectivity index (χ0n) is 16.8. The van der Waals surface area contributed by atoms with Gasteiger partial charge in [0.1, 0.15) is 5.75 Å². The number of para-hydroxylation sites is 1. The fourth-order valence-corrected chi connectivity index (χ4v) is 2.53. The molecule has 2 aromatic carbocycles. The summed E-state index contributed by atoms with van der Waals surface area (Å²) in [6.45, 7) is 5.49. The van der Waals surface area contributed by atoms with Crippen LogP contribution in [0.1, 0.15) is 38.3 Å². The summed E-state index contributed by atoms with van der Waals surface area (Å²) in [7, 11) is 1.58. The molecule has 28 heavy (non-hydrogen) atoms. The molecular formula is C23H27NO4. The van der Waals surface area contributed by atoms with E-state index in [-0.39, 0.29) is 18.1 Å². The van der Waals surface area contributed by atoms with E-state index in [4.69, 9.17) is 9.47 Å². The number of amides is 1. The number of carbonyl (C=O) groups is 2. The Morgan fingerprint density at radius 1 is 1.04 bits per heavy atom. The highest BCUT2D eigenvalue weighted by Gasteiger charge is 2.20. The van der Waals surface area contributed by atoms with Crippen molar-refractivity contribution in [1.29, 1.82) is 0 Å². The van der Waals surface area contributed by atoms with Gasteiger partial charge in [0.2, 0.25) is 0 Å². The van der Waals surface area contributed by atoms with Gasteiger partial charge in [-0.05, 0) is 38.0 Å². The fourth-order valence-electron chi connectivity index (χ4n) is 2.53. The van der Waals surface area contributed by atoms with Crippen LogP contribution in [0.4, 0.5) is 0 Å². The lowest BCUT2D eigenvalue weighted by atomic mass is 10.0. The van der Waals surface area contributed by atoms with E-state index in [2.05, 4.69) is 5.32 Å². The molecule has 0 unspecified atom stereocenters. The third kappa shape index (κ3) is 5.98. The summed E-state index contributed by atoms with van der Waals surface area (Å²) >= 11 is 0. The highest BCUT2D eigenvalue weighted by atomic mass is 16.5. The van der Waals surface area contributed by atoms with Gasteiger partial charge in [0.25, 0.3) is 5.91 Å². The molecule has 0 fully saturated rings. The van der Waals surface area contributed by atoms with Crippen molar-refractivity contribution in [3.63, 3.8) is 0 Å². The molecule has 0 spiro atoms. The van der Waals surface area contributed by atoms with Crippen LogP contribution in [-0.4, -0.2) is 31.1 Å². The molecule has 148 valence electrons. The Bertz CT molecular complexity index is 841. The van der Waals surface area contributed by atoms with Gasteiger partial charge < -0.3 is 14.8 Å². The summed E-state index contributed by atoms with van der Waals surface area (Å²) in [6.07, 6.45) is 2.49. The summed E-state index contributed by atoms with van der Waals surface area (Å²) < 4.78 is 10.7. The fraction of sp³-hybridized carbons (Fsp3) is 0.304. The number of benzene rings is 2. The largest absolute Gasteiger partial charge is 0.496 e. The van der Waals surface area contributed by atoms with Gasteiger partial charge in [-0.1, -0.05) is 55.5 Å². The Morgan fingerprint density at radius 2 is 1.68 bits per heavy atom. The molecule has 0 bridgehead atoms. The summed E-state index contributed by atoms with van der Waals surface area (Å²) in [5, 5.41) is 2.85. The summed E-state index contributed by atoms with van der Waals surface area (Å²) in [6, 6.07) is 16.6. The maximum atomic E-state index is 12.8. The number of nitrogens with one attached hydrogen (secondary N) is 1. The van der Waals surface area contributed by atoms with Crippen LogP contribution in [0.25, 0.3) is 11.6 Å². The first kappa shape index (κ1) is 21.2. The zero-order chi connectivity index (χ0) is 20.6. The molecule has 1 N–H and O–H groups in total. The van der Waals surface area contributed by atoms with Gasteiger partial charge in [-0.15, -0.1) is 0 Å². The summed E-state index contributed by atoms with van der Waals surface area (Å²) in [5.41, 5.74) is 1.46. The van der Waals surface area contributed by atoms with Gasteiger partial charge in [0.05, 0.1) is 12.7 Å². The highest BCUT2D eigenvalue weighted by Crippen LogP contribution is 2.25. The van der Waals surface area contributed by atoms with Gasteiger partial charge >= 0.3 is 5.97 Å². The summed E-state index contributed by atoms with van der Waals surface area (Å²) in [4.78, 5) is 24.9. The van der Waals surface area contributed by atoms with Gasteiger partial charge in [0, 0.05) is 11.1 Å². The third-order valence-corrected chi connectivity index (χ3v) is 4.44. The molecule has 0 aliphatic rings. The second-order valence-electron chi connectivity index (χ2n) is 7.03. The van der Waals surface area contributed by atoms with Crippen molar-refractivity contribution in [3.8, 4) is 5.75 Å². The molecule has 1 amide bonds. The van der Waals surface area contributed by atoms with Crippen LogP contribution in [-0.2, 0) is 14.3 Å². The molecule has 0 heterocycles. The minimum atomic E-state index is -0.568. The van der Waals surface area contributed by atoms with Crippen molar-refractivity contribution in [2.24, 2.45) is 0 Å². The lowest BCUT2D eigenvalue weighted by Crippen LogP contribution is -2.44. The topological polar surface area (TPSA) is 64.6 Å². The molecule has 2 rings (SSSR count). The highest BCUT2D eigenvalue weighted by molar-refractivity contribution is 6.22. The number of rotatable bonds is 8. The van der Waals surface area contributed by atoms with Crippen LogP contribution in [0, 0.1) is 0 Å². The Kier molecular flexibility index (Phi) is 7.38. The van der Waals surface area contributed by atoms with Crippen LogP contribution >= 0.6 is 0 Å². The molecule has 0 aromatic heterocycles. The number of ether oxygens (including phenoxy) is 2. The van der Waals surface area contributed by atoms with E-state index < -0.39 is 5.97 Å². The lowest BCUT2D eigenvalue weighted by Gasteiger charge is -2.24. The van der Waals surface area contributed by atoms with E-state index in [1.54, 1.807) is 13.2 Å². The lowest BCUT2D eigenvalue weighted by molar-refractivity contribution is -0.143. The molecule has 0 radical (unpaired) electrons. The van der Waals surface area contributed by atoms with E-state index in [1.807, 2.05) is 75.4 Å². The van der Waals surface area contributed by atoms with Crippen molar-refractivity contribution in [3.05, 3.63) is 65.7 Å². The SMILES string of the molecule is CCC(C)(C)NC(=O)COC(=O)/C(=C/c1ccccc1OC)c1ccccc1. The molecular weight excluding hydrogens is 354 g/mol. The number of hydrogen-bond donors (Lipinski definition) is 1. The Balaban J connectivity index is 2.24. The molecule has 2 aromatic rings. The van der Waals surface area contributed by atoms with E-state index in [0.717, 1.165) is 12.0 Å². The molecule has 0 aliphatic carbocycles. The molecule has 0 aliphatic heterocycles. The average molecular weight is 381 g/mol. The van der Waals surface area contributed by atoms with Crippen LogP contribution < -0.4 is 10.1 Å². The minimum absolute atomic E-state index is 0.329. The number of methoxy groups -OCH3 is 1. The van der Waals surface area contributed by atoms with Crippen molar-refractivity contribution in [1.82, 2.24) is 5.32 Å². The Hall–Kier alpha value is -3.08. The van der Waals surface area contributed by atoms with Crippen LogP contribution in [0.15, 0.2) is 54.6 Å². The standard InChI is InChI=1S/C23H27NO4/c1-5-23(2,3)24-21(25)16-28-22(26)19(17-11-7-6-8-12-17)15-18-13-9-10-14-20(18)27-4/h6-15H,5,16H2,1-4H3,(H,24,25)/b19-15+. The van der Waals surface area contributed by atoms with Crippen LogP contribution in [0.2, 0.25) is 0 Å². The number of hydrogen-bond acceptors (Lipinski definition) is 4. The van der Waals surface area contributed by atoms with Crippen LogP contribution in [0.5, 0.6) is 5.75 Å². The first-order valence-electron chi connectivity index (χ1n) is 9.24. The first-order valence-corrected chi connectivity index (χ1v) is 9.24. The van der Waals surface area contributed by atoms with Gasteiger partial charge in [-0.25, -0.2) is 4.79 Å². The van der Waals surface area contributed by atoms with Crippen molar-refractivity contribution >= 4 is 23.5 Å². The molecule has 5 nitrogen and oxygen atoms in total. The second-order valence-corrected chi connectivity index (χ2v) is 7.03. The monoisotopic (exact) mass is 381 g/mol. The van der Waals surface area contributed by atoms with E-state index in [9.17, 15) is 9.59 Å². The van der Waals surface area contributed by atoms with E-state index in [0.29, 0.717) is 16.9 Å². The van der Waals surface area contributed by atoms with Crippen molar-refractivity contribution in [2.75, 3.05) is 13.7 Å². The Morgan fingerprint density at radius 3 is 2.32 bits per heavy atom. The first-order chi connectivity index (χ1) is 13.4. The van der Waals surface area contributed by atoms with Gasteiger partial charge in [0.15, 0.2) is 6.61 Å². The maximum Gasteiger partial charge on any atom is 0.339 e. The quantitative estimate of drug-likeness (QED) is 0.425. The Labute approximate surface area is 166 Å². The smallest absolute Gasteiger partial charge is 0.339 e. The minimum Gasteiger partial charge on any atom is -0.496 e. The van der Waals surface area contributed by atoms with E-state index >= 15 is 0 Å². The number of carbonyl (C=O) groups excluding carboxylic acids is 2. The molecule has 0 saturated heterocycles. The normalized spacial score (nSPS) is 11.6. The van der Waals surface area contributed by atoms with E-state index in [1.165, 1.54) is 0 Å². The zero-order valence-corrected chi connectivity index (χ0v) is 16.8. The molecule has 5 heteroatoms. The van der Waals surface area contributed by atoms with Crippen molar-refractivity contribution in [2.45, 2.75) is 32.7 Å². The maximum absolute atomic E-state index is 12.8. The second kappa shape index (κ2) is 9.74. The predicted octanol–water partition coefficient (Wildman–Crippen LogP) is 4.08. The molecule has 0 saturated carbocycles. The number of esters is 1. The third-order valence-electron chi connectivity index (χ3n) is 4.44. The predicted molar refractivity (Wildman–Crippen MR) is 111 cm³/mol. The summed E-state index contributed by atoms with van der Waals surface area (Å²) in [5.74, 6) is -0.252. The average Bonchev–Trinajstić information content (AvgIpc) is 2.70. The molecule has 0 atom stereocenters. The van der Waals surface area contributed by atoms with Gasteiger partial charge in [-0.3, -0.25) is 4.79 Å². The van der Waals surface area contributed by atoms with Gasteiger partial charge in [-0.2, -0.15) is 0 Å². The van der Waals surface area contributed by atoms with Crippen molar-refractivity contribution < 1.29 is 19.1 Å². The van der Waals surface area contributed by atoms with Crippen LogP contribution in [0.3, 0.4) is 0 Å².